The van der Waals surface area contributed by atoms with E-state index in [1.807, 2.05) is 35.1 Å². The van der Waals surface area contributed by atoms with Crippen molar-refractivity contribution in [2.45, 2.75) is 38.1 Å². The van der Waals surface area contributed by atoms with Crippen LogP contribution in [0.25, 0.3) is 10.9 Å². The minimum absolute atomic E-state index is 0.0174. The van der Waals surface area contributed by atoms with E-state index in [2.05, 4.69) is 10.4 Å². The molecule has 0 aliphatic heterocycles. The fourth-order valence-electron chi connectivity index (χ4n) is 4.03. The molecule has 0 bridgehead atoms. The molecular weight excluding hydrogens is 364 g/mol. The van der Waals surface area contributed by atoms with E-state index in [-0.39, 0.29) is 11.6 Å². The smallest absolute Gasteiger partial charge is 0.255 e. The first-order valence-electron chi connectivity index (χ1n) is 9.18. The van der Waals surface area contributed by atoms with Gasteiger partial charge in [0, 0.05) is 49.2 Å². The van der Waals surface area contributed by atoms with Gasteiger partial charge < -0.3 is 15.0 Å². The average Bonchev–Trinajstić information content (AvgIpc) is 3.27. The molecule has 2 heterocycles. The third-order valence-corrected chi connectivity index (χ3v) is 5.68. The van der Waals surface area contributed by atoms with Crippen LogP contribution in [0.1, 0.15) is 18.4 Å². The summed E-state index contributed by atoms with van der Waals surface area (Å²) in [5.74, 6) is 0.374. The van der Waals surface area contributed by atoms with E-state index in [0.717, 1.165) is 30.3 Å². The van der Waals surface area contributed by atoms with E-state index < -0.39 is 6.10 Å². The highest BCUT2D eigenvalue weighted by Crippen LogP contribution is 2.27. The Morgan fingerprint density at radius 2 is 2.19 bits per heavy atom. The zero-order valence-electron chi connectivity index (χ0n) is 15.2. The molecule has 1 aliphatic rings. The lowest BCUT2D eigenvalue weighted by Gasteiger charge is -2.17. The summed E-state index contributed by atoms with van der Waals surface area (Å²) in [5, 5.41) is 19.6. The van der Waals surface area contributed by atoms with Gasteiger partial charge in [-0.05, 0) is 48.4 Å². The Balaban J connectivity index is 1.46. The first kappa shape index (κ1) is 18.2. The van der Waals surface area contributed by atoms with E-state index in [4.69, 9.17) is 11.6 Å². The Kier molecular flexibility index (Phi) is 5.04. The zero-order chi connectivity index (χ0) is 19.0. The highest BCUT2D eigenvalue weighted by atomic mass is 35.5. The van der Waals surface area contributed by atoms with Crippen LogP contribution in [0.15, 0.2) is 47.5 Å². The summed E-state index contributed by atoms with van der Waals surface area (Å²) in [6.07, 6.45) is 4.91. The summed E-state index contributed by atoms with van der Waals surface area (Å²) in [4.78, 5) is 12.7. The molecule has 1 aromatic carbocycles. The first-order valence-corrected chi connectivity index (χ1v) is 9.56. The number of nitrogens with zero attached hydrogens (tertiary/aromatic N) is 3. The van der Waals surface area contributed by atoms with Crippen molar-refractivity contribution < 1.29 is 5.11 Å². The van der Waals surface area contributed by atoms with Crippen LogP contribution in [0.4, 0.5) is 0 Å². The molecule has 2 N–H and O–H groups in total. The molecule has 6 nitrogen and oxygen atoms in total. The largest absolute Gasteiger partial charge is 0.391 e. The minimum Gasteiger partial charge on any atom is -0.391 e. The summed E-state index contributed by atoms with van der Waals surface area (Å²) in [7, 11) is 1.76. The highest BCUT2D eigenvalue weighted by Gasteiger charge is 2.32. The van der Waals surface area contributed by atoms with Gasteiger partial charge in [0.2, 0.25) is 0 Å². The van der Waals surface area contributed by atoms with Crippen LogP contribution in [0.3, 0.4) is 0 Å². The van der Waals surface area contributed by atoms with Crippen molar-refractivity contribution in [2.24, 2.45) is 13.0 Å². The molecule has 4 rings (SSSR count). The van der Waals surface area contributed by atoms with Crippen molar-refractivity contribution in [2.75, 3.05) is 0 Å². The molecule has 0 saturated heterocycles. The monoisotopic (exact) mass is 386 g/mol. The number of halogens is 1. The number of aliphatic hydroxyl groups excluding tert-OH is 1. The fraction of sp³-hybridized carbons (Fsp3) is 0.400. The molecule has 3 aromatic rings. The van der Waals surface area contributed by atoms with Crippen LogP contribution in [0.2, 0.25) is 5.02 Å². The Morgan fingerprint density at radius 1 is 1.33 bits per heavy atom. The van der Waals surface area contributed by atoms with Crippen LogP contribution in [0, 0.1) is 5.92 Å². The maximum absolute atomic E-state index is 12.7. The molecule has 1 saturated carbocycles. The summed E-state index contributed by atoms with van der Waals surface area (Å²) in [6.45, 7) is 1.24. The molecule has 3 atom stereocenters. The van der Waals surface area contributed by atoms with Gasteiger partial charge in [-0.25, -0.2) is 0 Å². The molecule has 1 aliphatic carbocycles. The van der Waals surface area contributed by atoms with Gasteiger partial charge in [0.1, 0.15) is 0 Å². The number of nitrogens with one attached hydrogen (secondary N) is 1. The third kappa shape index (κ3) is 3.78. The number of rotatable bonds is 5. The number of benzene rings is 1. The van der Waals surface area contributed by atoms with Crippen LogP contribution < -0.4 is 10.9 Å². The summed E-state index contributed by atoms with van der Waals surface area (Å²) < 4.78 is 3.54. The number of aliphatic hydroxyl groups is 1. The van der Waals surface area contributed by atoms with Gasteiger partial charge in [-0.1, -0.05) is 17.7 Å². The molecule has 0 amide bonds. The maximum Gasteiger partial charge on any atom is 0.255 e. The number of pyridine rings is 1. The summed E-state index contributed by atoms with van der Waals surface area (Å²) in [5.41, 5.74) is 1.46. The maximum atomic E-state index is 12.7. The van der Waals surface area contributed by atoms with E-state index in [1.54, 1.807) is 23.9 Å². The second-order valence-electron chi connectivity index (χ2n) is 7.36. The molecule has 0 radical (unpaired) electrons. The normalized spacial score (nSPS) is 22.6. The van der Waals surface area contributed by atoms with Gasteiger partial charge in [0.05, 0.1) is 11.6 Å². The third-order valence-electron chi connectivity index (χ3n) is 5.45. The number of fused-ring (bicyclic) bond motifs is 1. The SMILES string of the molecule is Cn1c(=O)c(CN[C@@H]2CC(Cn3cccn3)C[C@H]2O)cc2ccc(Cl)cc21. The molecule has 1 unspecified atom stereocenters. The molecule has 7 heteroatoms. The lowest BCUT2D eigenvalue weighted by atomic mass is 10.1. The number of aromatic nitrogens is 3. The van der Waals surface area contributed by atoms with Gasteiger partial charge in [-0.3, -0.25) is 9.48 Å². The first-order chi connectivity index (χ1) is 13.0. The van der Waals surface area contributed by atoms with E-state index in [9.17, 15) is 9.90 Å². The Bertz CT molecular complexity index is 999. The van der Waals surface area contributed by atoms with Gasteiger partial charge in [-0.15, -0.1) is 0 Å². The number of aryl methyl sites for hydroxylation is 1. The lowest BCUT2D eigenvalue weighted by molar-refractivity contribution is 0.145. The van der Waals surface area contributed by atoms with Crippen molar-refractivity contribution in [1.82, 2.24) is 19.7 Å². The Labute approximate surface area is 162 Å². The van der Waals surface area contributed by atoms with Crippen molar-refractivity contribution in [1.29, 1.82) is 0 Å². The van der Waals surface area contributed by atoms with E-state index in [0.29, 0.717) is 23.0 Å². The van der Waals surface area contributed by atoms with Crippen molar-refractivity contribution in [3.63, 3.8) is 0 Å². The number of hydrogen-bond acceptors (Lipinski definition) is 4. The van der Waals surface area contributed by atoms with Gasteiger partial charge in [0.25, 0.3) is 5.56 Å². The lowest BCUT2D eigenvalue weighted by Crippen LogP contribution is -2.37. The highest BCUT2D eigenvalue weighted by molar-refractivity contribution is 6.31. The predicted octanol–water partition coefficient (Wildman–Crippen LogP) is 2.32. The van der Waals surface area contributed by atoms with Crippen molar-refractivity contribution >= 4 is 22.5 Å². The number of hydrogen-bond donors (Lipinski definition) is 2. The molecule has 142 valence electrons. The Morgan fingerprint density at radius 3 is 2.96 bits per heavy atom. The summed E-state index contributed by atoms with van der Waals surface area (Å²) in [6, 6.07) is 9.34. The second kappa shape index (κ2) is 7.46. The quantitative estimate of drug-likeness (QED) is 0.706. The molecule has 2 aromatic heterocycles. The van der Waals surface area contributed by atoms with Crippen LogP contribution in [0.5, 0.6) is 0 Å². The second-order valence-corrected chi connectivity index (χ2v) is 7.79. The standard InChI is InChI=1S/C20H23ClN4O2/c1-24-18-10-16(21)4-3-14(18)9-15(20(24)27)11-22-17-7-13(8-19(17)26)12-25-6-2-5-23-25/h2-6,9-10,13,17,19,22,26H,7-8,11-12H2,1H3/t13?,17-,19-/m1/s1. The van der Waals surface area contributed by atoms with Gasteiger partial charge >= 0.3 is 0 Å². The van der Waals surface area contributed by atoms with Crippen molar-refractivity contribution in [3.05, 3.63) is 63.7 Å². The minimum atomic E-state index is -0.409. The van der Waals surface area contributed by atoms with Gasteiger partial charge in [-0.2, -0.15) is 5.10 Å². The predicted molar refractivity (Wildman–Crippen MR) is 106 cm³/mol. The topological polar surface area (TPSA) is 72.1 Å². The fourth-order valence-corrected chi connectivity index (χ4v) is 4.20. The molecular formula is C20H23ClN4O2. The van der Waals surface area contributed by atoms with E-state index in [1.165, 1.54) is 0 Å². The summed E-state index contributed by atoms with van der Waals surface area (Å²) >= 11 is 6.05. The van der Waals surface area contributed by atoms with Crippen LogP contribution in [-0.2, 0) is 20.1 Å². The Hall–Kier alpha value is -2.15. The molecule has 0 spiro atoms. The van der Waals surface area contributed by atoms with Gasteiger partial charge in [0.15, 0.2) is 0 Å². The van der Waals surface area contributed by atoms with Crippen LogP contribution >= 0.6 is 11.6 Å². The van der Waals surface area contributed by atoms with Crippen LogP contribution in [-0.4, -0.2) is 31.6 Å². The van der Waals surface area contributed by atoms with E-state index >= 15 is 0 Å². The average molecular weight is 387 g/mol. The molecule has 1 fully saturated rings. The zero-order valence-corrected chi connectivity index (χ0v) is 15.9. The molecule has 27 heavy (non-hydrogen) atoms. The van der Waals surface area contributed by atoms with Crippen molar-refractivity contribution in [3.8, 4) is 0 Å².